The molecule has 0 atom stereocenters. The highest BCUT2D eigenvalue weighted by molar-refractivity contribution is 6.31. The van der Waals surface area contributed by atoms with Crippen LogP contribution in [0.3, 0.4) is 0 Å². The summed E-state index contributed by atoms with van der Waals surface area (Å²) >= 11 is 6.18. The lowest BCUT2D eigenvalue weighted by Gasteiger charge is -2.13. The molecule has 0 spiro atoms. The van der Waals surface area contributed by atoms with Crippen LogP contribution in [-0.4, -0.2) is 13.1 Å². The monoisotopic (exact) mass is 336 g/mol. The fourth-order valence-corrected chi connectivity index (χ4v) is 2.44. The molecule has 0 aliphatic heterocycles. The number of ether oxygens (including phenoxy) is 2. The molecule has 0 amide bonds. The zero-order chi connectivity index (χ0) is 16.8. The Morgan fingerprint density at radius 2 is 2.04 bits per heavy atom. The number of methoxy groups -OCH3 is 1. The number of carbonyl (C=O) groups is 1. The Morgan fingerprint density at radius 3 is 2.70 bits per heavy atom. The number of benzene rings is 2. The summed E-state index contributed by atoms with van der Waals surface area (Å²) in [4.78, 5) is 11.5. The smallest absolute Gasteiger partial charge is 0.309 e. The van der Waals surface area contributed by atoms with E-state index in [1.54, 1.807) is 24.3 Å². The van der Waals surface area contributed by atoms with Gasteiger partial charge in [0.15, 0.2) is 11.6 Å². The first-order chi connectivity index (χ1) is 11.0. The van der Waals surface area contributed by atoms with Crippen LogP contribution in [0.5, 0.6) is 5.75 Å². The Kier molecular flexibility index (Phi) is 5.99. The summed E-state index contributed by atoms with van der Waals surface area (Å²) in [6.45, 7) is 2.03. The first kappa shape index (κ1) is 17.3. The second-order valence-corrected chi connectivity index (χ2v) is 5.44. The fraction of sp³-hybridized carbons (Fsp3) is 0.278. The van der Waals surface area contributed by atoms with Gasteiger partial charge in [-0.05, 0) is 35.7 Å². The van der Waals surface area contributed by atoms with Crippen molar-refractivity contribution in [3.05, 3.63) is 63.9 Å². The second-order valence-electron chi connectivity index (χ2n) is 5.04. The van der Waals surface area contributed by atoms with Crippen molar-refractivity contribution in [2.45, 2.75) is 26.4 Å². The molecule has 3 nitrogen and oxygen atoms in total. The van der Waals surface area contributed by atoms with E-state index in [4.69, 9.17) is 16.3 Å². The van der Waals surface area contributed by atoms with Gasteiger partial charge in [0.25, 0.3) is 0 Å². The molecule has 0 aromatic heterocycles. The number of esters is 1. The van der Waals surface area contributed by atoms with Crippen LogP contribution in [-0.2, 0) is 29.0 Å². The molecule has 0 aliphatic carbocycles. The average molecular weight is 337 g/mol. The van der Waals surface area contributed by atoms with Crippen LogP contribution in [0.25, 0.3) is 0 Å². The maximum absolute atomic E-state index is 14.0. The number of halogens is 2. The van der Waals surface area contributed by atoms with Gasteiger partial charge in [-0.2, -0.15) is 0 Å². The Labute approximate surface area is 140 Å². The molecule has 0 fully saturated rings. The molecule has 23 heavy (non-hydrogen) atoms. The molecule has 0 radical (unpaired) electrons. The highest BCUT2D eigenvalue weighted by Crippen LogP contribution is 2.25. The molecule has 0 saturated heterocycles. The van der Waals surface area contributed by atoms with Crippen LogP contribution in [0.1, 0.15) is 23.6 Å². The van der Waals surface area contributed by atoms with Gasteiger partial charge in [0, 0.05) is 10.6 Å². The van der Waals surface area contributed by atoms with Crippen molar-refractivity contribution < 1.29 is 18.7 Å². The van der Waals surface area contributed by atoms with E-state index < -0.39 is 5.82 Å². The number of hydrogen-bond acceptors (Lipinski definition) is 3. The van der Waals surface area contributed by atoms with E-state index in [0.29, 0.717) is 16.1 Å². The number of rotatable bonds is 6. The number of hydrogen-bond donors (Lipinski definition) is 0. The third-order valence-electron chi connectivity index (χ3n) is 3.55. The van der Waals surface area contributed by atoms with Crippen LogP contribution in [0, 0.1) is 5.82 Å². The van der Waals surface area contributed by atoms with E-state index in [2.05, 4.69) is 4.74 Å². The number of carbonyl (C=O) groups excluding carboxylic acids is 1. The zero-order valence-electron chi connectivity index (χ0n) is 13.1. The maximum Gasteiger partial charge on any atom is 0.309 e. The minimum Gasteiger partial charge on any atom is -0.486 e. The summed E-state index contributed by atoms with van der Waals surface area (Å²) in [5.41, 5.74) is 2.26. The molecule has 0 aliphatic rings. The van der Waals surface area contributed by atoms with Gasteiger partial charge in [0.05, 0.1) is 13.5 Å². The topological polar surface area (TPSA) is 35.5 Å². The van der Waals surface area contributed by atoms with Crippen molar-refractivity contribution in [1.29, 1.82) is 0 Å². The van der Waals surface area contributed by atoms with Crippen molar-refractivity contribution >= 4 is 17.6 Å². The zero-order valence-corrected chi connectivity index (χ0v) is 13.8. The van der Waals surface area contributed by atoms with Crippen molar-refractivity contribution in [3.8, 4) is 5.75 Å². The van der Waals surface area contributed by atoms with Crippen molar-refractivity contribution in [2.75, 3.05) is 7.11 Å². The van der Waals surface area contributed by atoms with E-state index in [0.717, 1.165) is 12.0 Å². The highest BCUT2D eigenvalue weighted by atomic mass is 35.5. The normalized spacial score (nSPS) is 10.4. The predicted molar refractivity (Wildman–Crippen MR) is 87.3 cm³/mol. The molecular formula is C18H18ClFO3. The third kappa shape index (κ3) is 4.45. The van der Waals surface area contributed by atoms with E-state index in [1.807, 2.05) is 13.0 Å². The van der Waals surface area contributed by atoms with Gasteiger partial charge in [-0.25, -0.2) is 4.39 Å². The van der Waals surface area contributed by atoms with E-state index in [-0.39, 0.29) is 24.7 Å². The summed E-state index contributed by atoms with van der Waals surface area (Å²) in [5.74, 6) is -0.621. The summed E-state index contributed by atoms with van der Waals surface area (Å²) in [7, 11) is 1.33. The Morgan fingerprint density at radius 1 is 1.26 bits per heavy atom. The molecule has 0 saturated carbocycles. The van der Waals surface area contributed by atoms with Gasteiger partial charge in [-0.1, -0.05) is 36.7 Å². The second kappa shape index (κ2) is 7.97. The van der Waals surface area contributed by atoms with Crippen LogP contribution in [0.15, 0.2) is 36.4 Å². The van der Waals surface area contributed by atoms with Crippen LogP contribution in [0.4, 0.5) is 4.39 Å². The third-order valence-corrected chi connectivity index (χ3v) is 3.91. The van der Waals surface area contributed by atoms with Gasteiger partial charge >= 0.3 is 5.97 Å². The maximum atomic E-state index is 14.0. The Bertz CT molecular complexity index is 701. The van der Waals surface area contributed by atoms with Crippen molar-refractivity contribution in [1.82, 2.24) is 0 Å². The van der Waals surface area contributed by atoms with Crippen LogP contribution >= 0.6 is 11.6 Å². The molecule has 2 aromatic rings. The largest absolute Gasteiger partial charge is 0.486 e. The van der Waals surface area contributed by atoms with E-state index in [9.17, 15) is 9.18 Å². The lowest BCUT2D eigenvalue weighted by atomic mass is 10.1. The minimum absolute atomic E-state index is 0.0778. The van der Waals surface area contributed by atoms with Gasteiger partial charge in [-0.15, -0.1) is 0 Å². The van der Waals surface area contributed by atoms with Crippen molar-refractivity contribution in [2.24, 2.45) is 0 Å². The van der Waals surface area contributed by atoms with Gasteiger partial charge in [0.1, 0.15) is 6.61 Å². The van der Waals surface area contributed by atoms with E-state index >= 15 is 0 Å². The summed E-state index contributed by atoms with van der Waals surface area (Å²) in [5, 5.41) is 0.469. The molecule has 0 bridgehead atoms. The molecule has 2 aromatic carbocycles. The first-order valence-electron chi connectivity index (χ1n) is 7.29. The first-order valence-corrected chi connectivity index (χ1v) is 7.67. The van der Waals surface area contributed by atoms with Crippen molar-refractivity contribution in [3.63, 3.8) is 0 Å². The average Bonchev–Trinajstić information content (AvgIpc) is 2.55. The Balaban J connectivity index is 2.18. The summed E-state index contributed by atoms with van der Waals surface area (Å²) in [6, 6.07) is 10.1. The molecule has 0 heterocycles. The summed E-state index contributed by atoms with van der Waals surface area (Å²) in [6.07, 6.45) is 0.845. The quantitative estimate of drug-likeness (QED) is 0.736. The van der Waals surface area contributed by atoms with Crippen LogP contribution < -0.4 is 4.74 Å². The lowest BCUT2D eigenvalue weighted by Crippen LogP contribution is -2.09. The minimum atomic E-state index is -0.411. The van der Waals surface area contributed by atoms with Gasteiger partial charge in [0.2, 0.25) is 0 Å². The van der Waals surface area contributed by atoms with Gasteiger partial charge in [-0.3, -0.25) is 4.79 Å². The fourth-order valence-electron chi connectivity index (χ4n) is 2.19. The van der Waals surface area contributed by atoms with E-state index in [1.165, 1.54) is 13.2 Å². The van der Waals surface area contributed by atoms with Gasteiger partial charge < -0.3 is 9.47 Å². The predicted octanol–water partition coefficient (Wildman–Crippen LogP) is 4.34. The molecule has 0 N–H and O–H groups in total. The number of aryl methyl sites for hydroxylation is 1. The molecule has 2 rings (SSSR count). The summed E-state index contributed by atoms with van der Waals surface area (Å²) < 4.78 is 24.2. The molecular weight excluding hydrogens is 319 g/mol. The molecule has 5 heteroatoms. The highest BCUT2D eigenvalue weighted by Gasteiger charge is 2.13. The molecule has 122 valence electrons. The standard InChI is InChI=1S/C18H18ClFO3/c1-3-12-7-8-17(16(20)9-12)23-11-14-13(10-18(21)22-2)5-4-6-15(14)19/h4-9H,3,10-11H2,1-2H3. The van der Waals surface area contributed by atoms with Crippen LogP contribution in [0.2, 0.25) is 5.02 Å². The lowest BCUT2D eigenvalue weighted by molar-refractivity contribution is -0.139. The Hall–Kier alpha value is -2.07. The molecule has 0 unspecified atom stereocenters. The SMILES string of the molecule is CCc1ccc(OCc2c(Cl)cccc2CC(=O)OC)c(F)c1.